The van der Waals surface area contributed by atoms with Gasteiger partial charge in [-0.05, 0) is 40.8 Å². The van der Waals surface area contributed by atoms with Crippen molar-refractivity contribution in [3.63, 3.8) is 0 Å². The van der Waals surface area contributed by atoms with E-state index in [1.54, 1.807) is 0 Å². The number of hydrogen-bond donors (Lipinski definition) is 0. The lowest BCUT2D eigenvalue weighted by atomic mass is 10.0. The van der Waals surface area contributed by atoms with Gasteiger partial charge < -0.3 is 14.5 Å². The number of piperidine rings is 1. The first-order chi connectivity index (χ1) is 14.5. The maximum Gasteiger partial charge on any atom is 0.222 e. The molecule has 1 fully saturated rings. The Morgan fingerprint density at radius 3 is 2.40 bits per heavy atom. The molecule has 30 heavy (non-hydrogen) atoms. The monoisotopic (exact) mass is 403 g/mol. The van der Waals surface area contributed by atoms with Crippen LogP contribution in [0, 0.1) is 0 Å². The Balaban J connectivity index is 1.44. The number of rotatable bonds is 5. The largest absolute Gasteiger partial charge is 0.490 e. The summed E-state index contributed by atoms with van der Waals surface area (Å²) < 4.78 is 6.17. The Labute approximate surface area is 178 Å². The van der Waals surface area contributed by atoms with Crippen LogP contribution in [0.2, 0.25) is 0 Å². The average molecular weight is 404 g/mol. The number of amides is 1. The second-order valence-corrected chi connectivity index (χ2v) is 8.07. The van der Waals surface area contributed by atoms with E-state index in [0.717, 1.165) is 48.4 Å². The van der Waals surface area contributed by atoms with Crippen LogP contribution in [0.3, 0.4) is 0 Å². The number of pyridine rings is 1. The summed E-state index contributed by atoms with van der Waals surface area (Å²) in [5.74, 6) is 2.08. The zero-order chi connectivity index (χ0) is 21.1. The fraction of sp³-hybridized carbons (Fsp3) is 0.360. The van der Waals surface area contributed by atoms with E-state index >= 15 is 0 Å². The highest BCUT2D eigenvalue weighted by Crippen LogP contribution is 2.28. The van der Waals surface area contributed by atoms with Gasteiger partial charge in [-0.25, -0.2) is 4.98 Å². The normalized spacial score (nSPS) is 14.7. The number of ether oxygens (including phenoxy) is 1. The molecule has 1 amide bonds. The zero-order valence-corrected chi connectivity index (χ0v) is 18.0. The quantitative estimate of drug-likeness (QED) is 0.617. The minimum Gasteiger partial charge on any atom is -0.490 e. The molecule has 4 rings (SSSR count). The molecule has 2 heterocycles. The summed E-state index contributed by atoms with van der Waals surface area (Å²) in [4.78, 5) is 20.3. The SMILES string of the molecule is CCC(=O)N1CCC(Oc2ccc(-c3ccc4cnc(N(C)C)cc4c3)cc2)CC1. The standard InChI is InChI=1S/C25H29N3O2/c1-4-25(29)28-13-11-23(12-14-28)30-22-9-7-18(8-10-22)19-5-6-20-17-26-24(27(2)3)16-21(20)15-19/h5-10,15-17,23H,4,11-14H2,1-3H3. The van der Waals surface area contributed by atoms with Gasteiger partial charge in [0, 0.05) is 58.0 Å². The smallest absolute Gasteiger partial charge is 0.222 e. The maximum atomic E-state index is 11.8. The van der Waals surface area contributed by atoms with Crippen LogP contribution in [0.1, 0.15) is 26.2 Å². The van der Waals surface area contributed by atoms with E-state index in [1.165, 1.54) is 10.9 Å². The number of carbonyl (C=O) groups excluding carboxylic acids is 1. The minimum atomic E-state index is 0.175. The van der Waals surface area contributed by atoms with Crippen molar-refractivity contribution in [3.05, 3.63) is 54.7 Å². The first-order valence-corrected chi connectivity index (χ1v) is 10.7. The highest BCUT2D eigenvalue weighted by Gasteiger charge is 2.22. The number of aromatic nitrogens is 1. The summed E-state index contributed by atoms with van der Waals surface area (Å²) >= 11 is 0. The molecule has 2 aromatic carbocycles. The fourth-order valence-electron chi connectivity index (χ4n) is 3.92. The van der Waals surface area contributed by atoms with Crippen molar-refractivity contribution < 1.29 is 9.53 Å². The van der Waals surface area contributed by atoms with Crippen LogP contribution in [0.15, 0.2) is 54.7 Å². The lowest BCUT2D eigenvalue weighted by Gasteiger charge is -2.32. The van der Waals surface area contributed by atoms with Crippen molar-refractivity contribution in [2.24, 2.45) is 0 Å². The van der Waals surface area contributed by atoms with Crippen molar-refractivity contribution in [1.29, 1.82) is 0 Å². The third-order valence-corrected chi connectivity index (χ3v) is 5.75. The maximum absolute atomic E-state index is 11.8. The van der Waals surface area contributed by atoms with E-state index in [1.807, 2.05) is 49.1 Å². The van der Waals surface area contributed by atoms with E-state index in [-0.39, 0.29) is 12.0 Å². The molecule has 3 aromatic rings. The molecule has 1 aliphatic heterocycles. The molecule has 0 bridgehead atoms. The first kappa shape index (κ1) is 20.2. The van der Waals surface area contributed by atoms with Gasteiger partial charge in [0.2, 0.25) is 5.91 Å². The van der Waals surface area contributed by atoms with Crippen LogP contribution in [0.4, 0.5) is 5.82 Å². The van der Waals surface area contributed by atoms with E-state index in [9.17, 15) is 4.79 Å². The summed E-state index contributed by atoms with van der Waals surface area (Å²) in [6, 6.07) is 16.9. The topological polar surface area (TPSA) is 45.7 Å². The molecule has 0 N–H and O–H groups in total. The third kappa shape index (κ3) is 4.40. The number of carbonyl (C=O) groups is 1. The highest BCUT2D eigenvalue weighted by molar-refractivity contribution is 5.88. The zero-order valence-electron chi connectivity index (χ0n) is 18.0. The molecule has 0 saturated carbocycles. The molecule has 0 spiro atoms. The van der Waals surface area contributed by atoms with Crippen LogP contribution in [-0.4, -0.2) is 49.1 Å². The average Bonchev–Trinajstić information content (AvgIpc) is 2.78. The van der Waals surface area contributed by atoms with Crippen molar-refractivity contribution in [1.82, 2.24) is 9.88 Å². The Bertz CT molecular complexity index is 1020. The Hall–Kier alpha value is -3.08. The number of nitrogens with zero attached hydrogens (tertiary/aromatic N) is 3. The van der Waals surface area contributed by atoms with Crippen LogP contribution < -0.4 is 9.64 Å². The molecule has 0 aliphatic carbocycles. The summed E-state index contributed by atoms with van der Waals surface area (Å²) in [5, 5.41) is 2.32. The number of likely N-dealkylation sites (tertiary alicyclic amines) is 1. The minimum absolute atomic E-state index is 0.175. The van der Waals surface area contributed by atoms with Gasteiger partial charge in [-0.15, -0.1) is 0 Å². The van der Waals surface area contributed by atoms with Crippen molar-refractivity contribution in [2.45, 2.75) is 32.3 Å². The van der Waals surface area contributed by atoms with Crippen molar-refractivity contribution in [3.8, 4) is 16.9 Å². The molecule has 0 atom stereocenters. The Morgan fingerprint density at radius 2 is 1.73 bits per heavy atom. The second kappa shape index (κ2) is 8.74. The lowest BCUT2D eigenvalue weighted by Crippen LogP contribution is -2.41. The first-order valence-electron chi connectivity index (χ1n) is 10.7. The van der Waals surface area contributed by atoms with Crippen LogP contribution >= 0.6 is 0 Å². The molecule has 1 saturated heterocycles. The molecule has 0 radical (unpaired) electrons. The van der Waals surface area contributed by atoms with E-state index in [4.69, 9.17) is 4.74 Å². The van der Waals surface area contributed by atoms with Crippen molar-refractivity contribution >= 4 is 22.5 Å². The predicted molar refractivity (Wildman–Crippen MR) is 122 cm³/mol. The molecule has 1 aliphatic rings. The summed E-state index contributed by atoms with van der Waals surface area (Å²) in [6.07, 6.45) is 4.45. The molecule has 5 heteroatoms. The fourth-order valence-corrected chi connectivity index (χ4v) is 3.92. The van der Waals surface area contributed by atoms with Gasteiger partial charge in [0.05, 0.1) is 0 Å². The van der Waals surface area contributed by atoms with Gasteiger partial charge in [0.1, 0.15) is 17.7 Å². The van der Waals surface area contributed by atoms with Crippen LogP contribution in [-0.2, 0) is 4.79 Å². The van der Waals surface area contributed by atoms with E-state index < -0.39 is 0 Å². The van der Waals surface area contributed by atoms with Gasteiger partial charge in [0.25, 0.3) is 0 Å². The van der Waals surface area contributed by atoms with Crippen LogP contribution in [0.5, 0.6) is 5.75 Å². The second-order valence-electron chi connectivity index (χ2n) is 8.07. The van der Waals surface area contributed by atoms with Gasteiger partial charge in [-0.1, -0.05) is 31.2 Å². The van der Waals surface area contributed by atoms with E-state index in [0.29, 0.717) is 6.42 Å². The third-order valence-electron chi connectivity index (χ3n) is 5.75. The number of anilines is 1. The summed E-state index contributed by atoms with van der Waals surface area (Å²) in [6.45, 7) is 3.49. The summed E-state index contributed by atoms with van der Waals surface area (Å²) in [7, 11) is 4.00. The van der Waals surface area contributed by atoms with Crippen LogP contribution in [0.25, 0.3) is 21.9 Å². The number of fused-ring (bicyclic) bond motifs is 1. The Morgan fingerprint density at radius 1 is 1.03 bits per heavy atom. The number of benzene rings is 2. The summed E-state index contributed by atoms with van der Waals surface area (Å²) in [5.41, 5.74) is 2.34. The molecular weight excluding hydrogens is 374 g/mol. The molecule has 156 valence electrons. The van der Waals surface area contributed by atoms with Gasteiger partial charge >= 0.3 is 0 Å². The molecule has 5 nitrogen and oxygen atoms in total. The Kier molecular flexibility index (Phi) is 5.88. The number of hydrogen-bond acceptors (Lipinski definition) is 4. The van der Waals surface area contributed by atoms with Gasteiger partial charge in [0.15, 0.2) is 0 Å². The van der Waals surface area contributed by atoms with Gasteiger partial charge in [-0.3, -0.25) is 4.79 Å². The van der Waals surface area contributed by atoms with Crippen molar-refractivity contribution in [2.75, 3.05) is 32.1 Å². The highest BCUT2D eigenvalue weighted by atomic mass is 16.5. The molecule has 1 aromatic heterocycles. The van der Waals surface area contributed by atoms with E-state index in [2.05, 4.69) is 41.4 Å². The molecule has 0 unspecified atom stereocenters. The lowest BCUT2D eigenvalue weighted by molar-refractivity contribution is -0.132. The molecular formula is C25H29N3O2. The van der Waals surface area contributed by atoms with Gasteiger partial charge in [-0.2, -0.15) is 0 Å². The predicted octanol–water partition coefficient (Wildman–Crippen LogP) is 4.75.